The minimum absolute atomic E-state index is 0.172. The van der Waals surface area contributed by atoms with Crippen molar-refractivity contribution in [1.82, 2.24) is 5.32 Å². The van der Waals surface area contributed by atoms with Gasteiger partial charge in [0, 0.05) is 12.7 Å². The van der Waals surface area contributed by atoms with Crippen molar-refractivity contribution in [2.75, 3.05) is 11.9 Å². The topological polar surface area (TPSA) is 32.3 Å². The van der Waals surface area contributed by atoms with Crippen LogP contribution in [0.5, 0.6) is 0 Å². The van der Waals surface area contributed by atoms with E-state index in [-0.39, 0.29) is 5.69 Å². The van der Waals surface area contributed by atoms with Gasteiger partial charge < -0.3 is 5.32 Å². The minimum Gasteiger partial charge on any atom is -0.329 e. The molecule has 2 rings (SSSR count). The summed E-state index contributed by atoms with van der Waals surface area (Å²) in [5.41, 5.74) is -0.377. The Bertz CT molecular complexity index is 712. The highest BCUT2D eigenvalue weighted by Gasteiger charge is 2.31. The number of benzene rings is 2. The number of hydrogen-bond acceptors (Lipinski definition) is 1. The Kier molecular flexibility index (Phi) is 4.87. The SMILES string of the molecule is CN(C(=O)NC(C)(C)c1ccccc1)c1cccc(C(F)(F)F)c1. The number of nitrogens with one attached hydrogen (secondary N) is 1. The zero-order valence-electron chi connectivity index (χ0n) is 13.7. The molecular weight excluding hydrogens is 317 g/mol. The molecule has 0 heterocycles. The summed E-state index contributed by atoms with van der Waals surface area (Å²) in [6.07, 6.45) is -4.45. The highest BCUT2D eigenvalue weighted by Crippen LogP contribution is 2.31. The summed E-state index contributed by atoms with van der Waals surface area (Å²) in [4.78, 5) is 13.6. The Morgan fingerprint density at radius 1 is 0.958 bits per heavy atom. The van der Waals surface area contributed by atoms with Crippen LogP contribution < -0.4 is 10.2 Å². The van der Waals surface area contributed by atoms with E-state index in [9.17, 15) is 18.0 Å². The zero-order chi connectivity index (χ0) is 18.0. The number of hydrogen-bond donors (Lipinski definition) is 1. The molecule has 0 saturated heterocycles. The maximum absolute atomic E-state index is 12.8. The quantitative estimate of drug-likeness (QED) is 0.859. The van der Waals surface area contributed by atoms with Crippen LogP contribution >= 0.6 is 0 Å². The number of carbonyl (C=O) groups excluding carboxylic acids is 1. The third-order valence-electron chi connectivity index (χ3n) is 3.78. The summed E-state index contributed by atoms with van der Waals surface area (Å²) < 4.78 is 38.4. The average Bonchev–Trinajstić information content (AvgIpc) is 2.54. The molecule has 2 aromatic carbocycles. The van der Waals surface area contributed by atoms with Crippen LogP contribution in [0, 0.1) is 0 Å². The van der Waals surface area contributed by atoms with Gasteiger partial charge in [-0.3, -0.25) is 4.90 Å². The Labute approximate surface area is 139 Å². The van der Waals surface area contributed by atoms with Crippen LogP contribution in [-0.4, -0.2) is 13.1 Å². The molecular formula is C18H19F3N2O. The molecule has 24 heavy (non-hydrogen) atoms. The Balaban J connectivity index is 2.18. The van der Waals surface area contributed by atoms with E-state index in [1.54, 1.807) is 0 Å². The van der Waals surface area contributed by atoms with Gasteiger partial charge in [-0.15, -0.1) is 0 Å². The predicted octanol–water partition coefficient (Wildman–Crippen LogP) is 4.79. The lowest BCUT2D eigenvalue weighted by Crippen LogP contribution is -2.47. The smallest absolute Gasteiger partial charge is 0.329 e. The molecule has 0 aliphatic carbocycles. The normalized spacial score (nSPS) is 11.9. The Morgan fingerprint density at radius 2 is 1.54 bits per heavy atom. The molecule has 0 spiro atoms. The van der Waals surface area contributed by atoms with E-state index in [1.807, 2.05) is 44.2 Å². The summed E-state index contributed by atoms with van der Waals surface area (Å²) in [7, 11) is 1.44. The number of rotatable bonds is 3. The molecule has 3 nitrogen and oxygen atoms in total. The first-order valence-electron chi connectivity index (χ1n) is 7.40. The van der Waals surface area contributed by atoms with Gasteiger partial charge in [-0.2, -0.15) is 13.2 Å². The molecule has 2 amide bonds. The standard InChI is InChI=1S/C18H19F3N2O/c1-17(2,13-8-5-4-6-9-13)22-16(24)23(3)15-11-7-10-14(12-15)18(19,20)21/h4-12H,1-3H3,(H,22,24). The lowest BCUT2D eigenvalue weighted by molar-refractivity contribution is -0.137. The fourth-order valence-corrected chi connectivity index (χ4v) is 2.29. The van der Waals surface area contributed by atoms with Crippen molar-refractivity contribution in [2.45, 2.75) is 25.6 Å². The van der Waals surface area contributed by atoms with Crippen molar-refractivity contribution in [3.8, 4) is 0 Å². The minimum atomic E-state index is -4.45. The number of urea groups is 1. The van der Waals surface area contributed by atoms with Crippen molar-refractivity contribution in [3.63, 3.8) is 0 Å². The molecule has 0 unspecified atom stereocenters. The van der Waals surface area contributed by atoms with Crippen molar-refractivity contribution in [2.24, 2.45) is 0 Å². The maximum Gasteiger partial charge on any atom is 0.416 e. The van der Waals surface area contributed by atoms with E-state index < -0.39 is 23.3 Å². The second-order valence-electron chi connectivity index (χ2n) is 6.03. The highest BCUT2D eigenvalue weighted by atomic mass is 19.4. The second kappa shape index (κ2) is 6.55. The van der Waals surface area contributed by atoms with E-state index in [0.29, 0.717) is 0 Å². The highest BCUT2D eigenvalue weighted by molar-refractivity contribution is 5.92. The lowest BCUT2D eigenvalue weighted by atomic mass is 9.94. The van der Waals surface area contributed by atoms with Gasteiger partial charge in [0.25, 0.3) is 0 Å². The number of nitrogens with zero attached hydrogens (tertiary/aromatic N) is 1. The van der Waals surface area contributed by atoms with Crippen LogP contribution in [0.2, 0.25) is 0 Å². The van der Waals surface area contributed by atoms with Gasteiger partial charge in [0.1, 0.15) is 0 Å². The van der Waals surface area contributed by atoms with Crippen LogP contribution in [0.3, 0.4) is 0 Å². The van der Waals surface area contributed by atoms with Crippen LogP contribution in [0.15, 0.2) is 54.6 Å². The summed E-state index contributed by atoms with van der Waals surface area (Å²) in [5.74, 6) is 0. The van der Waals surface area contributed by atoms with Gasteiger partial charge >= 0.3 is 12.2 Å². The molecule has 0 aliphatic heterocycles. The number of carbonyl (C=O) groups is 1. The van der Waals surface area contributed by atoms with Gasteiger partial charge in [0.05, 0.1) is 11.1 Å². The third-order valence-corrected chi connectivity index (χ3v) is 3.78. The fraction of sp³-hybridized carbons (Fsp3) is 0.278. The first-order chi connectivity index (χ1) is 11.1. The fourth-order valence-electron chi connectivity index (χ4n) is 2.29. The van der Waals surface area contributed by atoms with Crippen molar-refractivity contribution < 1.29 is 18.0 Å². The molecule has 0 aromatic heterocycles. The first-order valence-corrected chi connectivity index (χ1v) is 7.40. The van der Waals surface area contributed by atoms with Crippen LogP contribution in [-0.2, 0) is 11.7 Å². The Hall–Kier alpha value is -2.50. The predicted molar refractivity (Wildman–Crippen MR) is 87.8 cm³/mol. The van der Waals surface area contributed by atoms with E-state index in [2.05, 4.69) is 5.32 Å². The van der Waals surface area contributed by atoms with E-state index in [4.69, 9.17) is 0 Å². The van der Waals surface area contributed by atoms with Gasteiger partial charge in [0.15, 0.2) is 0 Å². The molecule has 0 aliphatic rings. The zero-order valence-corrected chi connectivity index (χ0v) is 13.7. The van der Waals surface area contributed by atoms with Crippen LogP contribution in [0.25, 0.3) is 0 Å². The Morgan fingerprint density at radius 3 is 2.12 bits per heavy atom. The van der Waals surface area contributed by atoms with Crippen LogP contribution in [0.4, 0.5) is 23.7 Å². The van der Waals surface area contributed by atoms with E-state index in [0.717, 1.165) is 17.7 Å². The molecule has 0 bridgehead atoms. The van der Waals surface area contributed by atoms with Crippen molar-refractivity contribution >= 4 is 11.7 Å². The first kappa shape index (κ1) is 17.8. The molecule has 0 saturated carbocycles. The van der Waals surface area contributed by atoms with Gasteiger partial charge in [0.2, 0.25) is 0 Å². The van der Waals surface area contributed by atoms with Gasteiger partial charge in [-0.1, -0.05) is 36.4 Å². The average molecular weight is 336 g/mol. The third kappa shape index (κ3) is 4.07. The maximum atomic E-state index is 12.8. The summed E-state index contributed by atoms with van der Waals surface area (Å²) >= 11 is 0. The number of anilines is 1. The molecule has 0 radical (unpaired) electrons. The van der Waals surface area contributed by atoms with Crippen molar-refractivity contribution in [1.29, 1.82) is 0 Å². The number of halogens is 3. The molecule has 0 fully saturated rings. The lowest BCUT2D eigenvalue weighted by Gasteiger charge is -2.30. The van der Waals surface area contributed by atoms with Crippen molar-refractivity contribution in [3.05, 3.63) is 65.7 Å². The number of alkyl halides is 3. The monoisotopic (exact) mass is 336 g/mol. The van der Waals surface area contributed by atoms with Gasteiger partial charge in [-0.05, 0) is 37.6 Å². The largest absolute Gasteiger partial charge is 0.416 e. The molecule has 0 atom stereocenters. The summed E-state index contributed by atoms with van der Waals surface area (Å²) in [6.45, 7) is 3.67. The summed E-state index contributed by atoms with van der Waals surface area (Å²) in [6, 6.07) is 13.5. The molecule has 1 N–H and O–H groups in total. The van der Waals surface area contributed by atoms with Gasteiger partial charge in [-0.25, -0.2) is 4.79 Å². The molecule has 6 heteroatoms. The van der Waals surface area contributed by atoms with E-state index in [1.165, 1.54) is 24.1 Å². The second-order valence-corrected chi connectivity index (χ2v) is 6.03. The van der Waals surface area contributed by atoms with E-state index >= 15 is 0 Å². The summed E-state index contributed by atoms with van der Waals surface area (Å²) in [5, 5.41) is 2.83. The molecule has 128 valence electrons. The number of amides is 2. The van der Waals surface area contributed by atoms with Crippen LogP contribution in [0.1, 0.15) is 25.0 Å². The molecule has 2 aromatic rings.